The number of nitrogens with one attached hydrogen (secondary N) is 3. The molecule has 3 N–H and O–H groups in total. The van der Waals surface area contributed by atoms with Crippen LogP contribution in [0.25, 0.3) is 11.3 Å². The highest BCUT2D eigenvalue weighted by Gasteiger charge is 2.30. The Balaban J connectivity index is 1.74. The smallest absolute Gasteiger partial charge is 0.254 e. The van der Waals surface area contributed by atoms with Gasteiger partial charge in [0, 0.05) is 47.6 Å². The van der Waals surface area contributed by atoms with Crippen molar-refractivity contribution in [2.24, 2.45) is 5.92 Å². The molecule has 9 nitrogen and oxygen atoms in total. The molecule has 0 saturated heterocycles. The number of hydrogen-bond acceptors (Lipinski definition) is 6. The molecule has 0 bridgehead atoms. The summed E-state index contributed by atoms with van der Waals surface area (Å²) < 4.78 is 29.7. The molecule has 3 aromatic rings. The van der Waals surface area contributed by atoms with Crippen LogP contribution in [-0.4, -0.2) is 40.7 Å². The second-order valence-electron chi connectivity index (χ2n) is 7.38. The minimum atomic E-state index is -2.68. The van der Waals surface area contributed by atoms with Gasteiger partial charge in [0.25, 0.3) is 5.91 Å². The SMILES string of the molecule is [2H]C([2H])([2H])NC(=O)c1cnc(NC(=O)C2CC2)cc1Nc1cccc(-c2ccnn2CC)c1OC. The third-order valence-electron chi connectivity index (χ3n) is 5.24. The summed E-state index contributed by atoms with van der Waals surface area (Å²) in [7, 11) is 1.53. The van der Waals surface area contributed by atoms with Crippen LogP contribution in [0.5, 0.6) is 5.75 Å². The van der Waals surface area contributed by atoms with Gasteiger partial charge in [-0.25, -0.2) is 4.98 Å². The molecular formula is C23H26N6O3. The Kier molecular flexibility index (Phi) is 5.05. The molecule has 4 rings (SSSR count). The highest BCUT2D eigenvalue weighted by Crippen LogP contribution is 2.38. The Morgan fingerprint density at radius 2 is 2.12 bits per heavy atom. The molecule has 9 heteroatoms. The van der Waals surface area contributed by atoms with E-state index in [4.69, 9.17) is 8.85 Å². The molecule has 166 valence electrons. The zero-order valence-corrected chi connectivity index (χ0v) is 17.8. The maximum atomic E-state index is 12.7. The van der Waals surface area contributed by atoms with Crippen LogP contribution in [0.4, 0.5) is 17.2 Å². The normalized spacial score (nSPS) is 14.6. The molecule has 0 unspecified atom stereocenters. The predicted octanol–water partition coefficient (Wildman–Crippen LogP) is 3.43. The minimum Gasteiger partial charge on any atom is -0.494 e. The van der Waals surface area contributed by atoms with E-state index in [0.29, 0.717) is 18.0 Å². The zero-order valence-electron chi connectivity index (χ0n) is 20.8. The van der Waals surface area contributed by atoms with E-state index in [0.717, 1.165) is 24.1 Å². The highest BCUT2D eigenvalue weighted by molar-refractivity contribution is 6.01. The number of pyridine rings is 1. The molecule has 32 heavy (non-hydrogen) atoms. The molecular weight excluding hydrogens is 408 g/mol. The monoisotopic (exact) mass is 437 g/mol. The second-order valence-corrected chi connectivity index (χ2v) is 7.38. The van der Waals surface area contributed by atoms with Gasteiger partial charge in [-0.3, -0.25) is 14.3 Å². The van der Waals surface area contributed by atoms with Crippen molar-refractivity contribution in [2.45, 2.75) is 26.3 Å². The maximum absolute atomic E-state index is 12.7. The molecule has 1 aliphatic rings. The van der Waals surface area contributed by atoms with Crippen LogP contribution in [0.2, 0.25) is 0 Å². The number of para-hydroxylation sites is 1. The van der Waals surface area contributed by atoms with E-state index in [2.05, 4.69) is 20.7 Å². The Morgan fingerprint density at radius 3 is 2.84 bits per heavy atom. The van der Waals surface area contributed by atoms with E-state index in [1.54, 1.807) is 12.3 Å². The lowest BCUT2D eigenvalue weighted by Crippen LogP contribution is -2.20. The number of nitrogens with zero attached hydrogens (tertiary/aromatic N) is 3. The fourth-order valence-corrected chi connectivity index (χ4v) is 3.46. The number of anilines is 3. The Bertz CT molecular complexity index is 1250. The number of aryl methyl sites for hydroxylation is 1. The van der Waals surface area contributed by atoms with Gasteiger partial charge in [-0.05, 0) is 38.0 Å². The Labute approximate surface area is 190 Å². The van der Waals surface area contributed by atoms with E-state index >= 15 is 0 Å². The van der Waals surface area contributed by atoms with Crippen LogP contribution in [0.15, 0.2) is 42.7 Å². The van der Waals surface area contributed by atoms with Gasteiger partial charge in [0.1, 0.15) is 5.82 Å². The van der Waals surface area contributed by atoms with Gasteiger partial charge < -0.3 is 20.7 Å². The summed E-state index contributed by atoms with van der Waals surface area (Å²) in [6.07, 6.45) is 4.59. The summed E-state index contributed by atoms with van der Waals surface area (Å²) in [6.45, 7) is -0.0320. The lowest BCUT2D eigenvalue weighted by atomic mass is 10.1. The van der Waals surface area contributed by atoms with Gasteiger partial charge in [0.05, 0.1) is 29.7 Å². The number of hydrogen-bond donors (Lipinski definition) is 3. The molecule has 2 amide bonds. The Morgan fingerprint density at radius 1 is 1.28 bits per heavy atom. The lowest BCUT2D eigenvalue weighted by Gasteiger charge is -2.18. The highest BCUT2D eigenvalue weighted by atomic mass is 16.5. The Hall–Kier alpha value is -3.88. The second kappa shape index (κ2) is 9.09. The van der Waals surface area contributed by atoms with Crippen LogP contribution in [0.3, 0.4) is 0 Å². The van der Waals surface area contributed by atoms with Gasteiger partial charge in [-0.1, -0.05) is 6.07 Å². The van der Waals surface area contributed by atoms with Crippen molar-refractivity contribution < 1.29 is 18.4 Å². The first-order valence-corrected chi connectivity index (χ1v) is 10.3. The van der Waals surface area contributed by atoms with Crippen molar-refractivity contribution >= 4 is 29.0 Å². The lowest BCUT2D eigenvalue weighted by molar-refractivity contribution is -0.117. The molecule has 0 spiro atoms. The number of carbonyl (C=O) groups is 2. The third kappa shape index (κ3) is 4.27. The van der Waals surface area contributed by atoms with Crippen LogP contribution in [0.1, 0.15) is 34.2 Å². The average molecular weight is 438 g/mol. The van der Waals surface area contributed by atoms with Gasteiger partial charge in [0.15, 0.2) is 5.75 Å². The van der Waals surface area contributed by atoms with Crippen molar-refractivity contribution in [3.8, 4) is 17.0 Å². The molecule has 2 aromatic heterocycles. The largest absolute Gasteiger partial charge is 0.494 e. The van der Waals surface area contributed by atoms with E-state index in [1.807, 2.05) is 35.1 Å². The first-order chi connectivity index (χ1) is 16.7. The summed E-state index contributed by atoms with van der Waals surface area (Å²) in [6, 6.07) is 8.86. The minimum absolute atomic E-state index is 0.00315. The van der Waals surface area contributed by atoms with Crippen LogP contribution < -0.4 is 20.7 Å². The number of carbonyl (C=O) groups excluding carboxylic acids is 2. The molecule has 0 radical (unpaired) electrons. The summed E-state index contributed by atoms with van der Waals surface area (Å²) in [5, 5.41) is 12.2. The third-order valence-corrected chi connectivity index (χ3v) is 5.24. The van der Waals surface area contributed by atoms with Gasteiger partial charge in [0.2, 0.25) is 5.91 Å². The van der Waals surface area contributed by atoms with Gasteiger partial charge >= 0.3 is 0 Å². The summed E-state index contributed by atoms with van der Waals surface area (Å²) in [5.74, 6) is -0.263. The fourth-order valence-electron chi connectivity index (χ4n) is 3.46. The molecule has 1 saturated carbocycles. The summed E-state index contributed by atoms with van der Waals surface area (Å²) in [5.41, 5.74) is 2.41. The van der Waals surface area contributed by atoms with E-state index in [-0.39, 0.29) is 28.9 Å². The number of aromatic nitrogens is 3. The topological polar surface area (TPSA) is 110 Å². The van der Waals surface area contributed by atoms with E-state index in [9.17, 15) is 9.59 Å². The van der Waals surface area contributed by atoms with Crippen LogP contribution in [-0.2, 0) is 11.3 Å². The molecule has 0 aliphatic heterocycles. The van der Waals surface area contributed by atoms with Gasteiger partial charge in [-0.15, -0.1) is 0 Å². The predicted molar refractivity (Wildman–Crippen MR) is 122 cm³/mol. The fraction of sp³-hybridized carbons (Fsp3) is 0.304. The van der Waals surface area contributed by atoms with Gasteiger partial charge in [-0.2, -0.15) is 5.10 Å². The summed E-state index contributed by atoms with van der Waals surface area (Å²) >= 11 is 0. The molecule has 0 atom stereocenters. The average Bonchev–Trinajstić information content (AvgIpc) is 3.55. The number of rotatable bonds is 8. The van der Waals surface area contributed by atoms with Crippen LogP contribution >= 0.6 is 0 Å². The number of ether oxygens (including phenoxy) is 1. The maximum Gasteiger partial charge on any atom is 0.254 e. The standard InChI is InChI=1S/C23H26N6O3/c1-4-29-19(10-11-26-29)15-6-5-7-17(21(15)32-3)27-18-12-20(28-22(30)14-8-9-14)25-13-16(18)23(31)24-2/h5-7,10-14H,4,8-9H2,1-3H3,(H,24,31)(H2,25,27,28,30)/i2D3. The van der Waals surface area contributed by atoms with Crippen LogP contribution in [0, 0.1) is 5.92 Å². The first-order valence-electron chi connectivity index (χ1n) is 11.8. The van der Waals surface area contributed by atoms with Crippen molar-refractivity contribution in [1.82, 2.24) is 20.1 Å². The number of amides is 2. The molecule has 1 fully saturated rings. The number of methoxy groups -OCH3 is 1. The van der Waals surface area contributed by atoms with Crippen molar-refractivity contribution in [3.05, 3.63) is 48.3 Å². The molecule has 2 heterocycles. The van der Waals surface area contributed by atoms with Crippen molar-refractivity contribution in [1.29, 1.82) is 0 Å². The molecule has 1 aromatic carbocycles. The van der Waals surface area contributed by atoms with E-state index in [1.165, 1.54) is 19.4 Å². The van der Waals surface area contributed by atoms with Crippen molar-refractivity contribution in [3.63, 3.8) is 0 Å². The first kappa shape index (κ1) is 17.8. The number of benzene rings is 1. The van der Waals surface area contributed by atoms with E-state index < -0.39 is 12.9 Å². The quantitative estimate of drug-likeness (QED) is 0.498. The summed E-state index contributed by atoms with van der Waals surface area (Å²) in [4.78, 5) is 29.1. The zero-order chi connectivity index (χ0) is 25.2. The van der Waals surface area contributed by atoms with Crippen molar-refractivity contribution in [2.75, 3.05) is 24.7 Å². The molecule has 1 aliphatic carbocycles.